The molecule has 192 valence electrons. The SMILES string of the molecule is COc1cc2c(cc1OC)C(c1ccccc1)N(C(=O)C1CCCN(C(=O)Nc3ccccc3)C1)CC2. The van der Waals surface area contributed by atoms with E-state index in [1.165, 1.54) is 0 Å². The monoisotopic (exact) mass is 499 g/mol. The first-order chi connectivity index (χ1) is 18.1. The van der Waals surface area contributed by atoms with Gasteiger partial charge in [-0.15, -0.1) is 0 Å². The Hall–Kier alpha value is -4.00. The number of carbonyl (C=O) groups excluding carboxylic acids is 2. The molecule has 2 aliphatic rings. The fourth-order valence-corrected chi connectivity index (χ4v) is 5.50. The number of fused-ring (bicyclic) bond motifs is 1. The molecule has 1 N–H and O–H groups in total. The molecule has 1 saturated heterocycles. The van der Waals surface area contributed by atoms with E-state index in [0.717, 1.165) is 41.6 Å². The highest BCUT2D eigenvalue weighted by molar-refractivity contribution is 5.90. The molecule has 0 saturated carbocycles. The molecule has 2 unspecified atom stereocenters. The van der Waals surface area contributed by atoms with Crippen molar-refractivity contribution in [2.45, 2.75) is 25.3 Å². The number of nitrogens with one attached hydrogen (secondary N) is 1. The molecule has 0 aromatic heterocycles. The summed E-state index contributed by atoms with van der Waals surface area (Å²) in [6.07, 6.45) is 2.30. The first-order valence-corrected chi connectivity index (χ1v) is 12.8. The largest absolute Gasteiger partial charge is 0.493 e. The molecule has 0 spiro atoms. The summed E-state index contributed by atoms with van der Waals surface area (Å²) in [4.78, 5) is 30.8. The summed E-state index contributed by atoms with van der Waals surface area (Å²) in [5, 5.41) is 2.96. The van der Waals surface area contributed by atoms with Gasteiger partial charge in [-0.05, 0) is 60.2 Å². The Morgan fingerprint density at radius 3 is 2.27 bits per heavy atom. The average Bonchev–Trinajstić information content (AvgIpc) is 2.96. The number of nitrogens with zero attached hydrogens (tertiary/aromatic N) is 2. The van der Waals surface area contributed by atoms with Crippen LogP contribution < -0.4 is 14.8 Å². The van der Waals surface area contributed by atoms with Gasteiger partial charge in [0, 0.05) is 25.3 Å². The van der Waals surface area contributed by atoms with Gasteiger partial charge in [-0.2, -0.15) is 0 Å². The Kier molecular flexibility index (Phi) is 7.30. The van der Waals surface area contributed by atoms with Crippen LogP contribution in [0.1, 0.15) is 35.6 Å². The van der Waals surface area contributed by atoms with Crippen molar-refractivity contribution < 1.29 is 19.1 Å². The number of piperidine rings is 1. The van der Waals surface area contributed by atoms with Crippen molar-refractivity contribution in [1.82, 2.24) is 9.80 Å². The molecule has 2 heterocycles. The Balaban J connectivity index is 1.41. The lowest BCUT2D eigenvalue weighted by Crippen LogP contribution is -2.50. The van der Waals surface area contributed by atoms with Crippen LogP contribution in [0.3, 0.4) is 0 Å². The van der Waals surface area contributed by atoms with E-state index < -0.39 is 0 Å². The summed E-state index contributed by atoms with van der Waals surface area (Å²) in [5.41, 5.74) is 4.02. The number of carbonyl (C=O) groups is 2. The van der Waals surface area contributed by atoms with Crippen LogP contribution in [0.4, 0.5) is 10.5 Å². The fourth-order valence-electron chi connectivity index (χ4n) is 5.50. The number of para-hydroxylation sites is 1. The Morgan fingerprint density at radius 2 is 1.57 bits per heavy atom. The highest BCUT2D eigenvalue weighted by Crippen LogP contribution is 2.42. The van der Waals surface area contributed by atoms with Gasteiger partial charge in [0.25, 0.3) is 0 Å². The van der Waals surface area contributed by atoms with Crippen molar-refractivity contribution in [3.8, 4) is 11.5 Å². The van der Waals surface area contributed by atoms with Crippen molar-refractivity contribution in [2.75, 3.05) is 39.2 Å². The van der Waals surface area contributed by atoms with Crippen LogP contribution in [0.25, 0.3) is 0 Å². The summed E-state index contributed by atoms with van der Waals surface area (Å²) in [7, 11) is 3.27. The number of urea groups is 1. The minimum Gasteiger partial charge on any atom is -0.493 e. The van der Waals surface area contributed by atoms with Crippen LogP contribution in [0.2, 0.25) is 0 Å². The maximum atomic E-state index is 14.1. The maximum Gasteiger partial charge on any atom is 0.321 e. The molecule has 3 amide bonds. The molecule has 3 aromatic carbocycles. The van der Waals surface area contributed by atoms with Crippen molar-refractivity contribution in [2.24, 2.45) is 5.92 Å². The highest BCUT2D eigenvalue weighted by Gasteiger charge is 2.38. The molecule has 5 rings (SSSR count). The van der Waals surface area contributed by atoms with Crippen LogP contribution >= 0.6 is 0 Å². The molecular formula is C30H33N3O4. The predicted octanol–water partition coefficient (Wildman–Crippen LogP) is 5.12. The van der Waals surface area contributed by atoms with E-state index in [9.17, 15) is 9.59 Å². The molecule has 7 heteroatoms. The molecule has 0 bridgehead atoms. The second kappa shape index (κ2) is 10.9. The van der Waals surface area contributed by atoms with Gasteiger partial charge in [-0.1, -0.05) is 48.5 Å². The number of methoxy groups -OCH3 is 2. The van der Waals surface area contributed by atoms with E-state index in [1.807, 2.05) is 65.6 Å². The van der Waals surface area contributed by atoms with Crippen LogP contribution in [-0.2, 0) is 11.2 Å². The quantitative estimate of drug-likeness (QED) is 0.529. The van der Waals surface area contributed by atoms with Crippen molar-refractivity contribution >= 4 is 17.6 Å². The Bertz CT molecular complexity index is 1250. The van der Waals surface area contributed by atoms with Crippen molar-refractivity contribution in [1.29, 1.82) is 0 Å². The number of rotatable bonds is 5. The van der Waals surface area contributed by atoms with Gasteiger partial charge < -0.3 is 24.6 Å². The predicted molar refractivity (Wildman–Crippen MR) is 143 cm³/mol. The normalized spacial score (nSPS) is 19.1. The lowest BCUT2D eigenvalue weighted by molar-refractivity contribution is -0.139. The lowest BCUT2D eigenvalue weighted by Gasteiger charge is -2.41. The topological polar surface area (TPSA) is 71.1 Å². The summed E-state index contributed by atoms with van der Waals surface area (Å²) in [5.74, 6) is 1.19. The first kappa shape index (κ1) is 24.7. The molecular weight excluding hydrogens is 466 g/mol. The highest BCUT2D eigenvalue weighted by atomic mass is 16.5. The third-order valence-corrected chi connectivity index (χ3v) is 7.35. The minimum atomic E-state index is -0.247. The van der Waals surface area contributed by atoms with Crippen molar-refractivity contribution in [3.63, 3.8) is 0 Å². The molecule has 2 atom stereocenters. The van der Waals surface area contributed by atoms with Gasteiger partial charge in [0.15, 0.2) is 11.5 Å². The standard InChI is InChI=1S/C30H33N3O4/c1-36-26-18-22-15-17-33(28(21-10-5-3-6-11-21)25(22)19-27(26)37-2)29(34)23-12-9-16-32(20-23)30(35)31-24-13-7-4-8-14-24/h3-8,10-11,13-14,18-19,23,28H,9,12,15-17,20H2,1-2H3,(H,31,35). The first-order valence-electron chi connectivity index (χ1n) is 12.8. The molecule has 0 radical (unpaired) electrons. The minimum absolute atomic E-state index is 0.0894. The number of amides is 3. The third-order valence-electron chi connectivity index (χ3n) is 7.35. The second-order valence-corrected chi connectivity index (χ2v) is 9.58. The zero-order valence-corrected chi connectivity index (χ0v) is 21.4. The molecule has 2 aliphatic heterocycles. The lowest BCUT2D eigenvalue weighted by atomic mass is 9.86. The van der Waals surface area contributed by atoms with Crippen LogP contribution in [-0.4, -0.2) is 55.6 Å². The number of anilines is 1. The van der Waals surface area contributed by atoms with Gasteiger partial charge in [0.2, 0.25) is 5.91 Å². The van der Waals surface area contributed by atoms with Crippen LogP contribution in [0, 0.1) is 5.92 Å². The zero-order valence-electron chi connectivity index (χ0n) is 21.4. The molecule has 0 aliphatic carbocycles. The third kappa shape index (κ3) is 5.12. The Morgan fingerprint density at radius 1 is 0.892 bits per heavy atom. The van der Waals surface area contributed by atoms with E-state index in [-0.39, 0.29) is 23.9 Å². The van der Waals surface area contributed by atoms with Gasteiger partial charge in [0.1, 0.15) is 0 Å². The van der Waals surface area contributed by atoms with Crippen LogP contribution in [0.5, 0.6) is 11.5 Å². The average molecular weight is 500 g/mol. The van der Waals surface area contributed by atoms with E-state index in [1.54, 1.807) is 19.1 Å². The maximum absolute atomic E-state index is 14.1. The smallest absolute Gasteiger partial charge is 0.321 e. The van der Waals surface area contributed by atoms with Crippen molar-refractivity contribution in [3.05, 3.63) is 89.5 Å². The summed E-state index contributed by atoms with van der Waals surface area (Å²) >= 11 is 0. The second-order valence-electron chi connectivity index (χ2n) is 9.58. The summed E-state index contributed by atoms with van der Waals surface area (Å²) in [6, 6.07) is 23.2. The number of ether oxygens (including phenoxy) is 2. The van der Waals surface area contributed by atoms with E-state index in [2.05, 4.69) is 17.4 Å². The number of hydrogen-bond acceptors (Lipinski definition) is 4. The van der Waals surface area contributed by atoms with Gasteiger partial charge >= 0.3 is 6.03 Å². The van der Waals surface area contributed by atoms with Gasteiger partial charge in [-0.25, -0.2) is 4.79 Å². The van der Waals surface area contributed by atoms with Gasteiger partial charge in [0.05, 0.1) is 26.2 Å². The fraction of sp³-hybridized carbons (Fsp3) is 0.333. The van der Waals surface area contributed by atoms with E-state index in [4.69, 9.17) is 9.47 Å². The number of benzene rings is 3. The zero-order chi connectivity index (χ0) is 25.8. The Labute approximate surface area is 218 Å². The molecule has 1 fully saturated rings. The number of hydrogen-bond donors (Lipinski definition) is 1. The molecule has 37 heavy (non-hydrogen) atoms. The summed E-state index contributed by atoms with van der Waals surface area (Å²) < 4.78 is 11.1. The van der Waals surface area contributed by atoms with E-state index >= 15 is 0 Å². The van der Waals surface area contributed by atoms with Crippen LogP contribution in [0.15, 0.2) is 72.8 Å². The molecule has 7 nitrogen and oxygen atoms in total. The van der Waals surface area contributed by atoms with E-state index in [0.29, 0.717) is 31.1 Å². The summed E-state index contributed by atoms with van der Waals surface area (Å²) in [6.45, 7) is 1.66. The number of likely N-dealkylation sites (tertiary alicyclic amines) is 1. The molecule has 3 aromatic rings. The van der Waals surface area contributed by atoms with Gasteiger partial charge in [-0.3, -0.25) is 4.79 Å².